The first kappa shape index (κ1) is 21.6. The molecule has 1 aliphatic heterocycles. The van der Waals surface area contributed by atoms with Gasteiger partial charge in [0.1, 0.15) is 11.6 Å². The summed E-state index contributed by atoms with van der Waals surface area (Å²) in [5.41, 5.74) is 1.22. The Kier molecular flexibility index (Phi) is 5.40. The van der Waals surface area contributed by atoms with E-state index in [4.69, 9.17) is 23.2 Å². The molecule has 1 N–H and O–H groups in total. The molecule has 1 atom stereocenters. The highest BCUT2D eigenvalue weighted by molar-refractivity contribution is 7.22. The number of benzene rings is 3. The molecule has 1 unspecified atom stereocenters. The van der Waals surface area contributed by atoms with E-state index in [1.54, 1.807) is 48.5 Å². The Morgan fingerprint density at radius 3 is 2.48 bits per heavy atom. The Hall–Kier alpha value is -3.26. The van der Waals surface area contributed by atoms with E-state index in [0.717, 1.165) is 11.3 Å². The summed E-state index contributed by atoms with van der Waals surface area (Å²) in [7, 11) is 0. The molecule has 0 bridgehead atoms. The summed E-state index contributed by atoms with van der Waals surface area (Å²) in [5.74, 6) is -2.48. The zero-order valence-corrected chi connectivity index (χ0v) is 19.0. The number of fused-ring (bicyclic) bond motifs is 1. The van der Waals surface area contributed by atoms with Crippen LogP contribution < -0.4 is 4.90 Å². The standard InChI is InChI=1S/C24H13Cl2FN2O3S/c25-15-8-6-13(10-16(15)26)20-19(21(30)12-4-2-1-3-5-12)22(31)23(32)29(20)24-28-17-9-7-14(27)11-18(17)33-24/h1-11,20,30H/b21-19+. The molecule has 2 heterocycles. The van der Waals surface area contributed by atoms with Crippen molar-refractivity contribution in [1.82, 2.24) is 4.98 Å². The van der Waals surface area contributed by atoms with Gasteiger partial charge in [0.05, 0.1) is 31.9 Å². The second kappa shape index (κ2) is 8.26. The first-order valence-corrected chi connectivity index (χ1v) is 11.3. The smallest absolute Gasteiger partial charge is 0.301 e. The van der Waals surface area contributed by atoms with Gasteiger partial charge in [-0.2, -0.15) is 0 Å². The average Bonchev–Trinajstić information content (AvgIpc) is 3.33. The van der Waals surface area contributed by atoms with E-state index in [0.29, 0.717) is 26.4 Å². The van der Waals surface area contributed by atoms with Gasteiger partial charge in [0.15, 0.2) is 5.13 Å². The van der Waals surface area contributed by atoms with Crippen LogP contribution in [0.3, 0.4) is 0 Å². The number of ketones is 1. The monoisotopic (exact) mass is 498 g/mol. The van der Waals surface area contributed by atoms with Crippen LogP contribution in [0.25, 0.3) is 16.0 Å². The van der Waals surface area contributed by atoms with Gasteiger partial charge in [0.2, 0.25) is 0 Å². The lowest BCUT2D eigenvalue weighted by Gasteiger charge is -2.23. The summed E-state index contributed by atoms with van der Waals surface area (Å²) < 4.78 is 14.2. The van der Waals surface area contributed by atoms with Crippen molar-refractivity contribution < 1.29 is 19.1 Å². The first-order chi connectivity index (χ1) is 15.8. The highest BCUT2D eigenvalue weighted by Gasteiger charge is 2.48. The third-order valence-electron chi connectivity index (χ3n) is 5.30. The van der Waals surface area contributed by atoms with Crippen LogP contribution in [0.15, 0.2) is 72.3 Å². The zero-order valence-electron chi connectivity index (χ0n) is 16.6. The van der Waals surface area contributed by atoms with Crippen LogP contribution in [-0.4, -0.2) is 21.8 Å². The van der Waals surface area contributed by atoms with E-state index in [2.05, 4.69) is 4.98 Å². The predicted molar refractivity (Wildman–Crippen MR) is 127 cm³/mol. The minimum atomic E-state index is -1.01. The number of Topliss-reactive ketones (excluding diaryl/α,β-unsaturated/α-hetero) is 1. The van der Waals surface area contributed by atoms with Crippen LogP contribution in [0.1, 0.15) is 17.2 Å². The van der Waals surface area contributed by atoms with Crippen molar-refractivity contribution in [3.63, 3.8) is 0 Å². The molecular formula is C24H13Cl2FN2O3S. The third kappa shape index (κ3) is 3.68. The van der Waals surface area contributed by atoms with Crippen molar-refractivity contribution in [2.24, 2.45) is 0 Å². The number of hydrogen-bond acceptors (Lipinski definition) is 5. The molecule has 5 rings (SSSR count). The summed E-state index contributed by atoms with van der Waals surface area (Å²) in [6.45, 7) is 0. The molecule has 164 valence electrons. The maximum Gasteiger partial charge on any atom is 0.301 e. The summed E-state index contributed by atoms with van der Waals surface area (Å²) >= 11 is 13.4. The lowest BCUT2D eigenvalue weighted by Crippen LogP contribution is -2.29. The number of aliphatic hydroxyl groups excluding tert-OH is 1. The number of carbonyl (C=O) groups is 2. The van der Waals surface area contributed by atoms with Gasteiger partial charge in [-0.1, -0.05) is 70.9 Å². The number of halogens is 3. The fraction of sp³-hybridized carbons (Fsp3) is 0.0417. The third-order valence-corrected chi connectivity index (χ3v) is 7.05. The molecular weight excluding hydrogens is 486 g/mol. The van der Waals surface area contributed by atoms with Gasteiger partial charge in [-0.25, -0.2) is 9.37 Å². The van der Waals surface area contributed by atoms with Gasteiger partial charge in [0.25, 0.3) is 5.78 Å². The Morgan fingerprint density at radius 2 is 1.76 bits per heavy atom. The topological polar surface area (TPSA) is 70.5 Å². The number of aliphatic hydroxyl groups is 1. The quantitative estimate of drug-likeness (QED) is 0.202. The largest absolute Gasteiger partial charge is 0.507 e. The maximum atomic E-state index is 13.7. The SMILES string of the molecule is O=C1C(=O)N(c2nc3ccc(F)cc3s2)C(c2ccc(Cl)c(Cl)c2)/C1=C(\O)c1ccccc1. The highest BCUT2D eigenvalue weighted by atomic mass is 35.5. The lowest BCUT2D eigenvalue weighted by atomic mass is 9.95. The molecule has 0 spiro atoms. The van der Waals surface area contributed by atoms with E-state index in [9.17, 15) is 19.1 Å². The fourth-order valence-electron chi connectivity index (χ4n) is 3.77. The summed E-state index contributed by atoms with van der Waals surface area (Å²) in [5, 5.41) is 11.8. The van der Waals surface area contributed by atoms with Crippen molar-refractivity contribution in [1.29, 1.82) is 0 Å². The number of hydrogen-bond donors (Lipinski definition) is 1. The number of thiazole rings is 1. The molecule has 0 aliphatic carbocycles. The van der Waals surface area contributed by atoms with Gasteiger partial charge in [0, 0.05) is 5.56 Å². The number of aromatic nitrogens is 1. The number of rotatable bonds is 3. The van der Waals surface area contributed by atoms with Gasteiger partial charge < -0.3 is 5.11 Å². The first-order valence-electron chi connectivity index (χ1n) is 9.72. The molecule has 9 heteroatoms. The van der Waals surface area contributed by atoms with Crippen molar-refractivity contribution in [3.8, 4) is 0 Å². The Morgan fingerprint density at radius 1 is 1.00 bits per heavy atom. The Labute approximate surface area is 201 Å². The predicted octanol–water partition coefficient (Wildman–Crippen LogP) is 6.37. The van der Waals surface area contributed by atoms with Crippen LogP contribution in [0.5, 0.6) is 0 Å². The van der Waals surface area contributed by atoms with Crippen molar-refractivity contribution in [2.75, 3.05) is 4.90 Å². The number of amides is 1. The minimum Gasteiger partial charge on any atom is -0.507 e. The second-order valence-corrected chi connectivity index (χ2v) is 9.14. The molecule has 1 amide bonds. The van der Waals surface area contributed by atoms with E-state index in [-0.39, 0.29) is 21.5 Å². The van der Waals surface area contributed by atoms with Crippen LogP contribution in [0, 0.1) is 5.82 Å². The molecule has 1 saturated heterocycles. The molecule has 5 nitrogen and oxygen atoms in total. The fourth-order valence-corrected chi connectivity index (χ4v) is 5.09. The van der Waals surface area contributed by atoms with Gasteiger partial charge in [-0.15, -0.1) is 0 Å². The zero-order chi connectivity index (χ0) is 23.3. The summed E-state index contributed by atoms with van der Waals surface area (Å²) in [6.07, 6.45) is 0. The lowest BCUT2D eigenvalue weighted by molar-refractivity contribution is -0.132. The molecule has 33 heavy (non-hydrogen) atoms. The normalized spacial score (nSPS) is 17.8. The van der Waals surface area contributed by atoms with Crippen LogP contribution in [-0.2, 0) is 9.59 Å². The molecule has 0 saturated carbocycles. The van der Waals surface area contributed by atoms with E-state index < -0.39 is 23.5 Å². The molecule has 1 fully saturated rings. The molecule has 4 aromatic rings. The minimum absolute atomic E-state index is 0.102. The molecule has 1 aliphatic rings. The van der Waals surface area contributed by atoms with Gasteiger partial charge >= 0.3 is 5.91 Å². The van der Waals surface area contributed by atoms with Crippen molar-refractivity contribution in [3.05, 3.63) is 99.3 Å². The number of carbonyl (C=O) groups excluding carboxylic acids is 2. The van der Waals surface area contributed by atoms with E-state index in [1.807, 2.05) is 0 Å². The van der Waals surface area contributed by atoms with Crippen molar-refractivity contribution in [2.45, 2.75) is 6.04 Å². The Bertz CT molecular complexity index is 1470. The maximum absolute atomic E-state index is 13.7. The Balaban J connectivity index is 1.75. The molecule has 0 radical (unpaired) electrons. The van der Waals surface area contributed by atoms with E-state index in [1.165, 1.54) is 23.1 Å². The van der Waals surface area contributed by atoms with Gasteiger partial charge in [-0.05, 0) is 35.9 Å². The van der Waals surface area contributed by atoms with Crippen molar-refractivity contribution >= 4 is 67.3 Å². The number of nitrogens with zero attached hydrogens (tertiary/aromatic N) is 2. The summed E-state index contributed by atoms with van der Waals surface area (Å²) in [6, 6.07) is 16.2. The summed E-state index contributed by atoms with van der Waals surface area (Å²) in [4.78, 5) is 32.0. The van der Waals surface area contributed by atoms with Crippen LogP contribution >= 0.6 is 34.5 Å². The second-order valence-electron chi connectivity index (χ2n) is 7.32. The van der Waals surface area contributed by atoms with Crippen LogP contribution in [0.4, 0.5) is 9.52 Å². The van der Waals surface area contributed by atoms with Gasteiger partial charge in [-0.3, -0.25) is 14.5 Å². The van der Waals surface area contributed by atoms with Crippen LogP contribution in [0.2, 0.25) is 10.0 Å². The average molecular weight is 499 g/mol. The van der Waals surface area contributed by atoms with E-state index >= 15 is 0 Å². The number of anilines is 1. The highest BCUT2D eigenvalue weighted by Crippen LogP contribution is 2.45. The molecule has 1 aromatic heterocycles. The molecule has 3 aromatic carbocycles.